The molecule has 0 amide bonds. The molecule has 0 aliphatic carbocycles. The summed E-state index contributed by atoms with van der Waals surface area (Å²) in [5, 5.41) is 10.2. The summed E-state index contributed by atoms with van der Waals surface area (Å²) in [5.41, 5.74) is 0.0192. The van der Waals surface area contributed by atoms with Crippen molar-refractivity contribution in [1.29, 1.82) is 0 Å². The molecule has 1 atom stereocenters. The summed E-state index contributed by atoms with van der Waals surface area (Å²) in [6, 6.07) is 0. The maximum absolute atomic E-state index is 12.8. The van der Waals surface area contributed by atoms with Gasteiger partial charge in [0, 0.05) is 12.8 Å². The lowest BCUT2D eigenvalue weighted by molar-refractivity contribution is -0.114. The largest absolute Gasteiger partial charge is 0.388 e. The highest BCUT2D eigenvalue weighted by atomic mass is 31.1. The summed E-state index contributed by atoms with van der Waals surface area (Å²) >= 11 is 0. The van der Waals surface area contributed by atoms with Gasteiger partial charge < -0.3 is 5.11 Å². The monoisotopic (exact) mass is 607 g/mol. The van der Waals surface area contributed by atoms with Crippen LogP contribution in [0.3, 0.4) is 0 Å². The third-order valence-electron chi connectivity index (χ3n) is 8.22. The van der Waals surface area contributed by atoms with E-state index < -0.39 is 13.8 Å². The fourth-order valence-electron chi connectivity index (χ4n) is 5.49. The third kappa shape index (κ3) is 28.0. The van der Waals surface area contributed by atoms with E-state index in [-0.39, 0.29) is 11.0 Å². The Bertz CT molecular complexity index is 603. The van der Waals surface area contributed by atoms with Gasteiger partial charge in [0.05, 0.1) is 13.8 Å². The number of unbranched alkanes of at least 4 members (excludes halogenated alkanes) is 22. The quantitative estimate of drug-likeness (QED) is 0.0459. The van der Waals surface area contributed by atoms with Crippen molar-refractivity contribution in [3.8, 4) is 0 Å². The first-order valence-electron chi connectivity index (χ1n) is 18.4. The molecule has 0 heterocycles. The molecular formula is C38H71O3P. The van der Waals surface area contributed by atoms with Crippen molar-refractivity contribution in [2.45, 2.75) is 206 Å². The minimum absolute atomic E-state index is 0.00961. The molecule has 0 aromatic carbocycles. The number of aliphatic hydroxyl groups excluding tert-OH is 1. The molecule has 3 nitrogen and oxygen atoms in total. The topological polar surface area (TPSA) is 54.4 Å². The van der Waals surface area contributed by atoms with Crippen LogP contribution in [-0.4, -0.2) is 22.0 Å². The molecule has 246 valence electrons. The van der Waals surface area contributed by atoms with Crippen LogP contribution in [0.4, 0.5) is 0 Å². The summed E-state index contributed by atoms with van der Waals surface area (Å²) in [6.45, 7) is 6.15. The lowest BCUT2D eigenvalue weighted by Gasteiger charge is -2.17. The van der Waals surface area contributed by atoms with Crippen LogP contribution in [0.15, 0.2) is 24.3 Å². The average molecular weight is 607 g/mol. The molecule has 0 spiro atoms. The zero-order chi connectivity index (χ0) is 30.9. The van der Waals surface area contributed by atoms with Crippen molar-refractivity contribution < 1.29 is 14.7 Å². The zero-order valence-corrected chi connectivity index (χ0v) is 29.3. The molecule has 0 radical (unpaired) electrons. The molecule has 0 saturated heterocycles. The van der Waals surface area contributed by atoms with Gasteiger partial charge in [-0.2, -0.15) is 0 Å². The summed E-state index contributed by atoms with van der Waals surface area (Å²) in [5.74, 6) is -0.814. The normalized spacial score (nSPS) is 13.3. The first-order valence-corrected chi connectivity index (χ1v) is 19.8. The molecule has 0 aromatic rings. The van der Waals surface area contributed by atoms with Gasteiger partial charge in [-0.3, -0.25) is 9.59 Å². The van der Waals surface area contributed by atoms with Crippen LogP contribution in [0.1, 0.15) is 201 Å². The predicted octanol–water partition coefficient (Wildman–Crippen LogP) is 12.9. The summed E-state index contributed by atoms with van der Waals surface area (Å²) in [4.78, 5) is 25.5. The zero-order valence-electron chi connectivity index (χ0n) is 28.4. The van der Waals surface area contributed by atoms with E-state index >= 15 is 0 Å². The highest BCUT2D eigenvalue weighted by Crippen LogP contribution is 2.44. The number of hydrogen-bond acceptors (Lipinski definition) is 3. The second-order valence-electron chi connectivity index (χ2n) is 12.5. The maximum Gasteiger partial charge on any atom is 0.164 e. The Balaban J connectivity index is 3.76. The van der Waals surface area contributed by atoms with E-state index in [0.29, 0.717) is 12.8 Å². The number of hydrogen-bond donors (Lipinski definition) is 1. The molecule has 1 N–H and O–H groups in total. The first-order chi connectivity index (χ1) is 20.5. The Hall–Kier alpha value is -0.790. The molecule has 0 aliphatic rings. The van der Waals surface area contributed by atoms with E-state index in [0.717, 1.165) is 51.4 Å². The molecular weight excluding hydrogens is 535 g/mol. The lowest BCUT2D eigenvalue weighted by Crippen LogP contribution is -2.14. The SMILES string of the molecule is CCCCCCCCC=CCCCCCCCC(=O)P(C(=O)CCCCCCCC=CCCCCCCCC)C(C)O. The van der Waals surface area contributed by atoms with Gasteiger partial charge in [0.1, 0.15) is 0 Å². The number of rotatable bonds is 33. The van der Waals surface area contributed by atoms with Gasteiger partial charge >= 0.3 is 0 Å². The minimum Gasteiger partial charge on any atom is -0.388 e. The Morgan fingerprint density at radius 1 is 0.476 bits per heavy atom. The standard InChI is InChI=1S/C38H71O3P/c1-4-6-8-10-12-14-16-18-20-22-24-26-28-30-32-34-37(40)42(36(3)39)38(41)35-33-31-29-27-25-23-21-19-17-15-13-11-9-7-5-2/h18-21,36,39H,4-17,22-35H2,1-3H3. The second-order valence-corrected chi connectivity index (χ2v) is 14.9. The van der Waals surface area contributed by atoms with Crippen molar-refractivity contribution in [1.82, 2.24) is 0 Å². The summed E-state index contributed by atoms with van der Waals surface area (Å²) in [6.07, 6.45) is 42.3. The Morgan fingerprint density at radius 3 is 1.02 bits per heavy atom. The molecule has 0 fully saturated rings. The van der Waals surface area contributed by atoms with Crippen molar-refractivity contribution >= 4 is 19.0 Å². The first kappa shape index (κ1) is 41.2. The van der Waals surface area contributed by atoms with Crippen LogP contribution < -0.4 is 0 Å². The predicted molar refractivity (Wildman–Crippen MR) is 188 cm³/mol. The van der Waals surface area contributed by atoms with E-state index in [2.05, 4.69) is 38.2 Å². The summed E-state index contributed by atoms with van der Waals surface area (Å²) in [7, 11) is -1.57. The second kappa shape index (κ2) is 33.1. The van der Waals surface area contributed by atoms with E-state index in [1.165, 1.54) is 116 Å². The van der Waals surface area contributed by atoms with Gasteiger partial charge in [-0.15, -0.1) is 0 Å². The van der Waals surface area contributed by atoms with Gasteiger partial charge in [-0.05, 0) is 71.1 Å². The van der Waals surface area contributed by atoms with E-state index in [1.807, 2.05) is 0 Å². The molecule has 4 heteroatoms. The fourth-order valence-corrected chi connectivity index (χ4v) is 7.40. The molecule has 1 unspecified atom stereocenters. The highest BCUT2D eigenvalue weighted by molar-refractivity contribution is 7.89. The third-order valence-corrected chi connectivity index (χ3v) is 10.5. The van der Waals surface area contributed by atoms with Crippen LogP contribution in [0.2, 0.25) is 0 Å². The van der Waals surface area contributed by atoms with Crippen LogP contribution in [0.25, 0.3) is 0 Å². The van der Waals surface area contributed by atoms with Crippen LogP contribution in [0.5, 0.6) is 0 Å². The number of aliphatic hydroxyl groups is 1. The smallest absolute Gasteiger partial charge is 0.164 e. The van der Waals surface area contributed by atoms with E-state index in [1.54, 1.807) is 6.92 Å². The van der Waals surface area contributed by atoms with Gasteiger partial charge in [-0.1, -0.05) is 141 Å². The molecule has 0 aromatic heterocycles. The maximum atomic E-state index is 12.8. The van der Waals surface area contributed by atoms with Crippen molar-refractivity contribution in [3.63, 3.8) is 0 Å². The van der Waals surface area contributed by atoms with Crippen LogP contribution in [-0.2, 0) is 9.59 Å². The van der Waals surface area contributed by atoms with E-state index in [4.69, 9.17) is 0 Å². The Kier molecular flexibility index (Phi) is 32.5. The van der Waals surface area contributed by atoms with Crippen molar-refractivity contribution in [2.24, 2.45) is 0 Å². The van der Waals surface area contributed by atoms with Crippen LogP contribution >= 0.6 is 7.92 Å². The minimum atomic E-state index is -1.57. The number of allylic oxidation sites excluding steroid dienone is 4. The molecule has 0 bridgehead atoms. The lowest BCUT2D eigenvalue weighted by atomic mass is 10.1. The molecule has 42 heavy (non-hydrogen) atoms. The highest BCUT2D eigenvalue weighted by Gasteiger charge is 2.29. The molecule has 0 saturated carbocycles. The van der Waals surface area contributed by atoms with Crippen LogP contribution in [0, 0.1) is 0 Å². The number of carbonyl (C=O) groups is 2. The molecule has 0 rings (SSSR count). The van der Waals surface area contributed by atoms with Crippen molar-refractivity contribution in [3.05, 3.63) is 24.3 Å². The van der Waals surface area contributed by atoms with Crippen molar-refractivity contribution in [2.75, 3.05) is 0 Å². The number of carbonyl (C=O) groups excluding carboxylic acids is 2. The van der Waals surface area contributed by atoms with Gasteiger partial charge in [0.15, 0.2) is 11.0 Å². The fraction of sp³-hybridized carbons (Fsp3) is 0.842. The van der Waals surface area contributed by atoms with Gasteiger partial charge in [0.2, 0.25) is 0 Å². The van der Waals surface area contributed by atoms with Gasteiger partial charge in [-0.25, -0.2) is 0 Å². The summed E-state index contributed by atoms with van der Waals surface area (Å²) < 4.78 is 0. The average Bonchev–Trinajstić information content (AvgIpc) is 2.97. The molecule has 0 aliphatic heterocycles. The Morgan fingerprint density at radius 2 is 0.738 bits per heavy atom. The Labute approximate surface area is 263 Å². The van der Waals surface area contributed by atoms with E-state index in [9.17, 15) is 14.7 Å². The van der Waals surface area contributed by atoms with Gasteiger partial charge in [0.25, 0.3) is 0 Å².